The Hall–Kier alpha value is -2.67. The van der Waals surface area contributed by atoms with Crippen molar-refractivity contribution in [2.45, 2.75) is 26.7 Å². The van der Waals surface area contributed by atoms with Crippen LogP contribution < -0.4 is 15.2 Å². The highest BCUT2D eigenvalue weighted by Crippen LogP contribution is 2.24. The van der Waals surface area contributed by atoms with Gasteiger partial charge in [0.1, 0.15) is 11.6 Å². The number of nitrogens with zero attached hydrogens (tertiary/aromatic N) is 4. The Morgan fingerprint density at radius 2 is 2.00 bits per heavy atom. The zero-order chi connectivity index (χ0) is 21.1. The summed E-state index contributed by atoms with van der Waals surface area (Å²) in [6.45, 7) is 6.47. The molecule has 3 rings (SSSR count). The quantitative estimate of drug-likeness (QED) is 0.507. The fourth-order valence-corrected chi connectivity index (χ4v) is 3.32. The largest absolute Gasteiger partial charge is 0.493 e. The summed E-state index contributed by atoms with van der Waals surface area (Å²) in [6, 6.07) is 11.4. The molecule has 1 heterocycles. The van der Waals surface area contributed by atoms with Crippen LogP contribution in [-0.2, 0) is 0 Å². The van der Waals surface area contributed by atoms with Crippen molar-refractivity contribution in [1.29, 1.82) is 0 Å². The molecule has 7 heteroatoms. The van der Waals surface area contributed by atoms with Crippen molar-refractivity contribution in [2.75, 3.05) is 25.6 Å². The SMILES string of the molecule is CCOc1cc(N(C)C)ccc1C=Nn1c(C(C)C)nc2ccc(Br)cc2c1=O. The number of anilines is 1. The van der Waals surface area contributed by atoms with Gasteiger partial charge in [0.2, 0.25) is 0 Å². The van der Waals surface area contributed by atoms with Crippen LogP contribution >= 0.6 is 15.9 Å². The van der Waals surface area contributed by atoms with E-state index in [1.54, 1.807) is 12.3 Å². The van der Waals surface area contributed by atoms with Crippen LogP contribution in [0.25, 0.3) is 10.9 Å². The van der Waals surface area contributed by atoms with Crippen molar-refractivity contribution < 1.29 is 4.74 Å². The molecule has 0 fully saturated rings. The van der Waals surface area contributed by atoms with Crippen LogP contribution in [0.2, 0.25) is 0 Å². The van der Waals surface area contributed by atoms with E-state index >= 15 is 0 Å². The fourth-order valence-electron chi connectivity index (χ4n) is 2.96. The maximum atomic E-state index is 13.1. The second-order valence-electron chi connectivity index (χ2n) is 7.20. The topological polar surface area (TPSA) is 59.7 Å². The van der Waals surface area contributed by atoms with E-state index in [1.165, 1.54) is 4.68 Å². The van der Waals surface area contributed by atoms with Gasteiger partial charge in [0.05, 0.1) is 23.7 Å². The average molecular weight is 457 g/mol. The van der Waals surface area contributed by atoms with Gasteiger partial charge in [-0.3, -0.25) is 4.79 Å². The average Bonchev–Trinajstić information content (AvgIpc) is 2.68. The zero-order valence-corrected chi connectivity index (χ0v) is 18.9. The third kappa shape index (κ3) is 4.50. The molecule has 2 aromatic carbocycles. The molecule has 0 aliphatic rings. The number of fused-ring (bicyclic) bond motifs is 1. The number of ether oxygens (including phenoxy) is 1. The summed E-state index contributed by atoms with van der Waals surface area (Å²) in [5.41, 5.74) is 2.30. The predicted octanol–water partition coefficient (Wildman–Crippen LogP) is 4.63. The molecule has 3 aromatic rings. The van der Waals surface area contributed by atoms with Crippen molar-refractivity contribution in [3.63, 3.8) is 0 Å². The lowest BCUT2D eigenvalue weighted by atomic mass is 10.2. The molecule has 0 spiro atoms. The standard InChI is InChI=1S/C22H25BrN4O2/c1-6-29-20-12-17(26(4)5)9-7-15(20)13-24-27-21(14(2)3)25-19-10-8-16(23)11-18(19)22(27)28/h7-14H,6H2,1-5H3. The molecular weight excluding hydrogens is 432 g/mol. The highest BCUT2D eigenvalue weighted by atomic mass is 79.9. The molecule has 0 saturated carbocycles. The number of benzene rings is 2. The van der Waals surface area contributed by atoms with E-state index in [1.807, 2.05) is 70.1 Å². The van der Waals surface area contributed by atoms with Crippen LogP contribution in [0.1, 0.15) is 38.1 Å². The van der Waals surface area contributed by atoms with Crippen LogP contribution in [0, 0.1) is 0 Å². The molecule has 0 radical (unpaired) electrons. The van der Waals surface area contributed by atoms with Crippen molar-refractivity contribution >= 4 is 38.7 Å². The number of aromatic nitrogens is 2. The maximum absolute atomic E-state index is 13.1. The molecule has 0 N–H and O–H groups in total. The van der Waals surface area contributed by atoms with Gasteiger partial charge >= 0.3 is 0 Å². The minimum Gasteiger partial charge on any atom is -0.493 e. The van der Waals surface area contributed by atoms with Gasteiger partial charge in [-0.05, 0) is 37.3 Å². The summed E-state index contributed by atoms with van der Waals surface area (Å²) >= 11 is 3.42. The molecule has 0 aliphatic carbocycles. The monoisotopic (exact) mass is 456 g/mol. The molecule has 0 aliphatic heterocycles. The van der Waals surface area contributed by atoms with Crippen LogP contribution in [-0.4, -0.2) is 36.6 Å². The van der Waals surface area contributed by atoms with Crippen LogP contribution in [0.3, 0.4) is 0 Å². The summed E-state index contributed by atoms with van der Waals surface area (Å²) in [7, 11) is 3.96. The smallest absolute Gasteiger partial charge is 0.282 e. The summed E-state index contributed by atoms with van der Waals surface area (Å²) in [6.07, 6.45) is 1.66. The van der Waals surface area contributed by atoms with Crippen LogP contribution in [0.5, 0.6) is 5.75 Å². The number of halogens is 1. The van der Waals surface area contributed by atoms with Gasteiger partial charge in [-0.25, -0.2) is 4.98 Å². The zero-order valence-electron chi connectivity index (χ0n) is 17.3. The van der Waals surface area contributed by atoms with E-state index < -0.39 is 0 Å². The summed E-state index contributed by atoms with van der Waals surface area (Å²) < 4.78 is 8.00. The summed E-state index contributed by atoms with van der Waals surface area (Å²) in [5, 5.41) is 5.02. The van der Waals surface area contributed by atoms with E-state index in [0.717, 1.165) is 21.5 Å². The van der Waals surface area contributed by atoms with Crippen molar-refractivity contribution in [3.05, 3.63) is 62.6 Å². The Balaban J connectivity index is 2.14. The Morgan fingerprint density at radius 1 is 1.24 bits per heavy atom. The van der Waals surface area contributed by atoms with Gasteiger partial charge in [0, 0.05) is 41.8 Å². The van der Waals surface area contributed by atoms with Gasteiger partial charge in [-0.2, -0.15) is 9.78 Å². The van der Waals surface area contributed by atoms with E-state index in [0.29, 0.717) is 23.3 Å². The summed E-state index contributed by atoms with van der Waals surface area (Å²) in [5.74, 6) is 1.37. The van der Waals surface area contributed by atoms with E-state index in [-0.39, 0.29) is 11.5 Å². The molecule has 0 bridgehead atoms. The van der Waals surface area contributed by atoms with Crippen molar-refractivity contribution in [1.82, 2.24) is 9.66 Å². The van der Waals surface area contributed by atoms with Gasteiger partial charge in [0.25, 0.3) is 5.56 Å². The molecule has 0 atom stereocenters. The molecule has 29 heavy (non-hydrogen) atoms. The second-order valence-corrected chi connectivity index (χ2v) is 8.11. The van der Waals surface area contributed by atoms with E-state index in [2.05, 4.69) is 26.0 Å². The van der Waals surface area contributed by atoms with Crippen molar-refractivity contribution in [2.24, 2.45) is 5.10 Å². The molecular formula is C22H25BrN4O2. The lowest BCUT2D eigenvalue weighted by Crippen LogP contribution is -2.23. The highest BCUT2D eigenvalue weighted by Gasteiger charge is 2.14. The van der Waals surface area contributed by atoms with Crippen molar-refractivity contribution in [3.8, 4) is 5.75 Å². The Labute approximate surface area is 179 Å². The number of hydrogen-bond acceptors (Lipinski definition) is 5. The first kappa shape index (κ1) is 21.0. The fraction of sp³-hybridized carbons (Fsp3) is 0.318. The third-order valence-corrected chi connectivity index (χ3v) is 4.97. The third-order valence-electron chi connectivity index (χ3n) is 4.48. The van der Waals surface area contributed by atoms with Gasteiger partial charge in [-0.1, -0.05) is 29.8 Å². The molecule has 0 amide bonds. The first-order valence-electron chi connectivity index (χ1n) is 9.52. The first-order chi connectivity index (χ1) is 13.8. The molecule has 1 aromatic heterocycles. The molecule has 6 nitrogen and oxygen atoms in total. The molecule has 152 valence electrons. The minimum atomic E-state index is -0.195. The second kappa shape index (κ2) is 8.78. The van der Waals surface area contributed by atoms with E-state index in [9.17, 15) is 4.79 Å². The van der Waals surface area contributed by atoms with Crippen LogP contribution in [0.15, 0.2) is 50.8 Å². The predicted molar refractivity (Wildman–Crippen MR) is 123 cm³/mol. The van der Waals surface area contributed by atoms with Gasteiger partial charge in [-0.15, -0.1) is 0 Å². The highest BCUT2D eigenvalue weighted by molar-refractivity contribution is 9.10. The molecule has 0 saturated heterocycles. The van der Waals surface area contributed by atoms with E-state index in [4.69, 9.17) is 4.74 Å². The first-order valence-corrected chi connectivity index (χ1v) is 10.3. The lowest BCUT2D eigenvalue weighted by molar-refractivity contribution is 0.340. The lowest BCUT2D eigenvalue weighted by Gasteiger charge is -2.16. The van der Waals surface area contributed by atoms with Gasteiger partial charge in [0.15, 0.2) is 0 Å². The molecule has 0 unspecified atom stereocenters. The maximum Gasteiger partial charge on any atom is 0.282 e. The normalized spacial score (nSPS) is 11.6. The van der Waals surface area contributed by atoms with Crippen LogP contribution in [0.4, 0.5) is 5.69 Å². The number of hydrogen-bond donors (Lipinski definition) is 0. The van der Waals surface area contributed by atoms with Gasteiger partial charge < -0.3 is 9.64 Å². The number of rotatable bonds is 6. The summed E-state index contributed by atoms with van der Waals surface area (Å²) in [4.78, 5) is 19.8. The Kier molecular flexibility index (Phi) is 6.37. The Morgan fingerprint density at radius 3 is 2.66 bits per heavy atom. The minimum absolute atomic E-state index is 0.0374. The Bertz CT molecular complexity index is 1120.